The van der Waals surface area contributed by atoms with Crippen LogP contribution in [0.5, 0.6) is 0 Å². The van der Waals surface area contributed by atoms with E-state index in [4.69, 9.17) is 11.6 Å². The zero-order valence-corrected chi connectivity index (χ0v) is 13.3. The van der Waals surface area contributed by atoms with E-state index in [1.54, 1.807) is 30.3 Å². The van der Waals surface area contributed by atoms with Gasteiger partial charge in [-0.25, -0.2) is 0 Å². The number of hydrogen-bond acceptors (Lipinski definition) is 3. The molecule has 5 heteroatoms. The number of aryl methyl sites for hydroxylation is 1. The number of hydrogen-bond donors (Lipinski definition) is 1. The lowest BCUT2D eigenvalue weighted by atomic mass is 9.97. The highest BCUT2D eigenvalue weighted by Crippen LogP contribution is 2.21. The number of anilines is 1. The normalized spacial score (nSPS) is 11.3. The van der Waals surface area contributed by atoms with Gasteiger partial charge in [-0.15, -0.1) is 0 Å². The highest BCUT2D eigenvalue weighted by Gasteiger charge is 2.26. The molecule has 0 aliphatic rings. The first kappa shape index (κ1) is 16.7. The van der Waals surface area contributed by atoms with Crippen molar-refractivity contribution >= 4 is 29.0 Å². The lowest BCUT2D eigenvalue weighted by molar-refractivity contribution is -0.128. The Morgan fingerprint density at radius 2 is 1.83 bits per heavy atom. The standard InChI is InChI=1S/C18H15ClN2O2/c1-12-6-8-13(9-7-12)10-17(22)14(11-20)18(23)21-16-5-3-2-4-15(16)19/h2-9,14H,10H2,1H3,(H,21,23)/t14-/m0/s1. The molecule has 0 saturated carbocycles. The van der Waals surface area contributed by atoms with Crippen molar-refractivity contribution in [2.45, 2.75) is 13.3 Å². The largest absolute Gasteiger partial charge is 0.323 e. The zero-order chi connectivity index (χ0) is 16.8. The SMILES string of the molecule is Cc1ccc(CC(=O)[C@H](C#N)C(=O)Nc2ccccc2Cl)cc1. The minimum Gasteiger partial charge on any atom is -0.323 e. The summed E-state index contributed by atoms with van der Waals surface area (Å²) in [5.41, 5.74) is 2.23. The molecule has 1 amide bonds. The summed E-state index contributed by atoms with van der Waals surface area (Å²) in [5, 5.41) is 12.0. The molecule has 2 aromatic rings. The summed E-state index contributed by atoms with van der Waals surface area (Å²) in [4.78, 5) is 24.4. The molecule has 0 unspecified atom stereocenters. The van der Waals surface area contributed by atoms with Gasteiger partial charge in [0, 0.05) is 6.42 Å². The first-order valence-electron chi connectivity index (χ1n) is 7.04. The van der Waals surface area contributed by atoms with Crippen molar-refractivity contribution in [2.24, 2.45) is 5.92 Å². The van der Waals surface area contributed by atoms with E-state index in [1.165, 1.54) is 0 Å². The number of rotatable bonds is 5. The molecule has 0 saturated heterocycles. The third-order valence-electron chi connectivity index (χ3n) is 3.34. The van der Waals surface area contributed by atoms with Gasteiger partial charge in [0.05, 0.1) is 16.8 Å². The number of Topliss-reactive ketones (excluding diaryl/α,β-unsaturated/α-hetero) is 1. The summed E-state index contributed by atoms with van der Waals surface area (Å²) in [7, 11) is 0. The number of ketones is 1. The number of nitrogens with one attached hydrogen (secondary N) is 1. The first-order chi connectivity index (χ1) is 11.0. The number of para-hydroxylation sites is 1. The molecule has 0 aliphatic carbocycles. The van der Waals surface area contributed by atoms with Crippen molar-refractivity contribution in [1.82, 2.24) is 0 Å². The molecule has 1 N–H and O–H groups in total. The molecule has 0 radical (unpaired) electrons. The van der Waals surface area contributed by atoms with Crippen LogP contribution in [-0.4, -0.2) is 11.7 Å². The number of nitrogens with zero attached hydrogens (tertiary/aromatic N) is 1. The van der Waals surface area contributed by atoms with Crippen LogP contribution in [0.15, 0.2) is 48.5 Å². The summed E-state index contributed by atoms with van der Waals surface area (Å²) in [5.74, 6) is -2.48. The minimum atomic E-state index is -1.37. The Bertz CT molecular complexity index is 763. The van der Waals surface area contributed by atoms with Crippen LogP contribution >= 0.6 is 11.6 Å². The molecule has 1 atom stereocenters. The van der Waals surface area contributed by atoms with Gasteiger partial charge in [0.25, 0.3) is 0 Å². The maximum atomic E-state index is 12.2. The Balaban J connectivity index is 2.08. The van der Waals surface area contributed by atoms with E-state index in [0.717, 1.165) is 11.1 Å². The number of halogens is 1. The van der Waals surface area contributed by atoms with Gasteiger partial charge in [0.15, 0.2) is 11.7 Å². The van der Waals surface area contributed by atoms with Crippen molar-refractivity contribution in [1.29, 1.82) is 5.26 Å². The molecule has 0 bridgehead atoms. The Hall–Kier alpha value is -2.64. The number of amides is 1. The molecular weight excluding hydrogens is 312 g/mol. The second-order valence-corrected chi connectivity index (χ2v) is 5.57. The second-order valence-electron chi connectivity index (χ2n) is 5.16. The molecule has 0 aliphatic heterocycles. The molecule has 2 rings (SSSR count). The average Bonchev–Trinajstić information content (AvgIpc) is 2.52. The van der Waals surface area contributed by atoms with E-state index in [9.17, 15) is 14.9 Å². The van der Waals surface area contributed by atoms with E-state index >= 15 is 0 Å². The number of carbonyl (C=O) groups is 2. The Labute approximate surface area is 139 Å². The zero-order valence-electron chi connectivity index (χ0n) is 12.5. The van der Waals surface area contributed by atoms with Gasteiger partial charge in [-0.05, 0) is 24.6 Å². The molecule has 0 fully saturated rings. The molecule has 0 spiro atoms. The topological polar surface area (TPSA) is 70.0 Å². The van der Waals surface area contributed by atoms with Crippen molar-refractivity contribution in [3.8, 4) is 6.07 Å². The quantitative estimate of drug-likeness (QED) is 0.854. The lowest BCUT2D eigenvalue weighted by Gasteiger charge is -2.11. The molecule has 0 aromatic heterocycles. The summed E-state index contributed by atoms with van der Waals surface area (Å²) in [6.07, 6.45) is 0.0362. The van der Waals surface area contributed by atoms with Gasteiger partial charge in [-0.1, -0.05) is 53.6 Å². The van der Waals surface area contributed by atoms with Crippen molar-refractivity contribution in [2.75, 3.05) is 5.32 Å². The van der Waals surface area contributed by atoms with E-state index < -0.39 is 17.6 Å². The maximum Gasteiger partial charge on any atom is 0.249 e. The molecule has 116 valence electrons. The van der Waals surface area contributed by atoms with Crippen molar-refractivity contribution < 1.29 is 9.59 Å². The van der Waals surface area contributed by atoms with Crippen molar-refractivity contribution in [3.63, 3.8) is 0 Å². The van der Waals surface area contributed by atoms with E-state index in [1.807, 2.05) is 31.2 Å². The van der Waals surface area contributed by atoms with Crippen molar-refractivity contribution in [3.05, 3.63) is 64.7 Å². The maximum absolute atomic E-state index is 12.2. The monoisotopic (exact) mass is 326 g/mol. The van der Waals surface area contributed by atoms with Crippen LogP contribution in [0.3, 0.4) is 0 Å². The molecule has 0 heterocycles. The fourth-order valence-electron chi connectivity index (χ4n) is 2.05. The Morgan fingerprint density at radius 1 is 1.17 bits per heavy atom. The van der Waals surface area contributed by atoms with Crippen LogP contribution in [0.2, 0.25) is 5.02 Å². The van der Waals surface area contributed by atoms with E-state index in [2.05, 4.69) is 5.32 Å². The van der Waals surface area contributed by atoms with E-state index in [-0.39, 0.29) is 6.42 Å². The summed E-state index contributed by atoms with van der Waals surface area (Å²) in [6.45, 7) is 1.95. The van der Waals surface area contributed by atoms with Crippen LogP contribution in [0.1, 0.15) is 11.1 Å². The predicted octanol–water partition coefficient (Wildman–Crippen LogP) is 3.54. The molecule has 4 nitrogen and oxygen atoms in total. The Morgan fingerprint density at radius 3 is 2.43 bits per heavy atom. The highest BCUT2D eigenvalue weighted by molar-refractivity contribution is 6.33. The highest BCUT2D eigenvalue weighted by atomic mass is 35.5. The number of nitriles is 1. The number of carbonyl (C=O) groups excluding carboxylic acids is 2. The summed E-state index contributed by atoms with van der Waals surface area (Å²) >= 11 is 5.96. The van der Waals surface area contributed by atoms with Gasteiger partial charge < -0.3 is 5.32 Å². The van der Waals surface area contributed by atoms with Gasteiger partial charge in [0.2, 0.25) is 5.91 Å². The van der Waals surface area contributed by atoms with E-state index in [0.29, 0.717) is 10.7 Å². The minimum absolute atomic E-state index is 0.0362. The van der Waals surface area contributed by atoms with Crippen LogP contribution in [-0.2, 0) is 16.0 Å². The van der Waals surface area contributed by atoms with Crippen LogP contribution < -0.4 is 5.32 Å². The van der Waals surface area contributed by atoms with Crippen LogP contribution in [0, 0.1) is 24.2 Å². The van der Waals surface area contributed by atoms with Crippen LogP contribution in [0.25, 0.3) is 0 Å². The molecule has 23 heavy (non-hydrogen) atoms. The Kier molecular flexibility index (Phi) is 5.51. The first-order valence-corrected chi connectivity index (χ1v) is 7.42. The third-order valence-corrected chi connectivity index (χ3v) is 3.67. The van der Waals surface area contributed by atoms with Crippen LogP contribution in [0.4, 0.5) is 5.69 Å². The predicted molar refractivity (Wildman–Crippen MR) is 89.1 cm³/mol. The molecular formula is C18H15ClN2O2. The van der Waals surface area contributed by atoms with Gasteiger partial charge in [-0.3, -0.25) is 9.59 Å². The number of benzene rings is 2. The average molecular weight is 327 g/mol. The van der Waals surface area contributed by atoms with Gasteiger partial charge >= 0.3 is 0 Å². The fourth-order valence-corrected chi connectivity index (χ4v) is 2.24. The van der Waals surface area contributed by atoms with Gasteiger partial charge in [-0.2, -0.15) is 5.26 Å². The van der Waals surface area contributed by atoms with Gasteiger partial charge in [0.1, 0.15) is 0 Å². The summed E-state index contributed by atoms with van der Waals surface area (Å²) < 4.78 is 0. The third kappa shape index (κ3) is 4.41. The lowest BCUT2D eigenvalue weighted by Crippen LogP contribution is -2.29. The second kappa shape index (κ2) is 7.57. The smallest absolute Gasteiger partial charge is 0.249 e. The fraction of sp³-hybridized carbons (Fsp3) is 0.167. The summed E-state index contributed by atoms with van der Waals surface area (Å²) in [6, 6.07) is 15.8. The molecule has 2 aromatic carbocycles.